The molecule has 3 rings (SSSR count). The minimum atomic E-state index is -0.810. The molecule has 0 bridgehead atoms. The van der Waals surface area contributed by atoms with E-state index in [1.165, 1.54) is 5.01 Å². The van der Waals surface area contributed by atoms with E-state index in [4.69, 9.17) is 5.73 Å². The first-order chi connectivity index (χ1) is 16.4. The van der Waals surface area contributed by atoms with Gasteiger partial charge in [-0.3, -0.25) is 19.4 Å². The van der Waals surface area contributed by atoms with Crippen molar-refractivity contribution in [2.45, 2.75) is 6.54 Å². The molecule has 4 N–H and O–H groups in total. The summed E-state index contributed by atoms with van der Waals surface area (Å²) in [6.07, 6.45) is 0.397. The third-order valence-electron chi connectivity index (χ3n) is 5.02. The van der Waals surface area contributed by atoms with Crippen LogP contribution in [0.5, 0.6) is 0 Å². The van der Waals surface area contributed by atoms with Crippen molar-refractivity contribution in [1.29, 1.82) is 0 Å². The molecule has 0 radical (unpaired) electrons. The molecule has 172 valence electrons. The van der Waals surface area contributed by atoms with Crippen molar-refractivity contribution in [1.82, 2.24) is 10.6 Å². The van der Waals surface area contributed by atoms with E-state index >= 15 is 0 Å². The number of nitrogens with two attached hydrogens (primary N) is 1. The van der Waals surface area contributed by atoms with Crippen LogP contribution in [-0.4, -0.2) is 31.0 Å². The van der Waals surface area contributed by atoms with Crippen LogP contribution in [0.1, 0.15) is 15.9 Å². The number of carbonyl (C=O) groups excluding carboxylic acids is 3. The molecule has 0 unspecified atom stereocenters. The molecule has 3 aromatic carbocycles. The number of hydrogen-bond acceptors (Lipinski definition) is 5. The predicted octanol–water partition coefficient (Wildman–Crippen LogP) is 2.82. The topological polar surface area (TPSA) is 117 Å². The highest BCUT2D eigenvalue weighted by Gasteiger charge is 2.13. The van der Waals surface area contributed by atoms with Crippen LogP contribution in [0, 0.1) is 0 Å². The maximum absolute atomic E-state index is 12.4. The molecule has 0 saturated heterocycles. The van der Waals surface area contributed by atoms with E-state index in [0.29, 0.717) is 24.2 Å². The first-order valence-corrected chi connectivity index (χ1v) is 10.4. The van der Waals surface area contributed by atoms with Gasteiger partial charge in [0.25, 0.3) is 11.8 Å². The van der Waals surface area contributed by atoms with Gasteiger partial charge in [0, 0.05) is 19.2 Å². The van der Waals surface area contributed by atoms with Gasteiger partial charge in [0.1, 0.15) is 0 Å². The van der Waals surface area contributed by atoms with Crippen LogP contribution in [0.4, 0.5) is 5.69 Å². The molecule has 3 aromatic rings. The molecular weight excluding hydrogens is 430 g/mol. The molecule has 0 saturated carbocycles. The van der Waals surface area contributed by atoms with Gasteiger partial charge in [-0.05, 0) is 41.0 Å². The van der Waals surface area contributed by atoms with Gasteiger partial charge in [-0.1, -0.05) is 61.2 Å². The number of nitrogens with zero attached hydrogens (tertiary/aromatic N) is 2. The molecule has 34 heavy (non-hydrogen) atoms. The molecule has 0 heterocycles. The Kier molecular flexibility index (Phi) is 7.91. The maximum Gasteiger partial charge on any atom is 0.271 e. The Balaban J connectivity index is 1.67. The van der Waals surface area contributed by atoms with Gasteiger partial charge in [-0.15, -0.1) is 0 Å². The van der Waals surface area contributed by atoms with Crippen molar-refractivity contribution in [3.8, 4) is 11.1 Å². The molecule has 0 fully saturated rings. The molecule has 0 aliphatic heterocycles. The summed E-state index contributed by atoms with van der Waals surface area (Å²) >= 11 is 0. The Hall–Kier alpha value is -4.72. The average Bonchev–Trinajstić information content (AvgIpc) is 2.86. The van der Waals surface area contributed by atoms with Crippen LogP contribution < -0.4 is 21.4 Å². The van der Waals surface area contributed by atoms with E-state index in [1.807, 2.05) is 66.7 Å². The number of carbonyl (C=O) groups is 3. The van der Waals surface area contributed by atoms with Crippen LogP contribution in [-0.2, 0) is 16.1 Å². The van der Waals surface area contributed by atoms with Crippen LogP contribution in [0.2, 0.25) is 0 Å². The summed E-state index contributed by atoms with van der Waals surface area (Å²) in [5, 5.41) is 10.8. The lowest BCUT2D eigenvalue weighted by Gasteiger charge is -2.16. The third-order valence-corrected chi connectivity index (χ3v) is 5.02. The second kappa shape index (κ2) is 11.2. The van der Waals surface area contributed by atoms with Crippen molar-refractivity contribution in [3.05, 3.63) is 102 Å². The molecule has 8 heteroatoms. The van der Waals surface area contributed by atoms with E-state index in [1.54, 1.807) is 19.2 Å². The maximum atomic E-state index is 12.4. The number of hydrogen-bond donors (Lipinski definition) is 3. The molecule has 8 nitrogen and oxygen atoms in total. The minimum absolute atomic E-state index is 0.0128. The van der Waals surface area contributed by atoms with Crippen molar-refractivity contribution in [2.75, 3.05) is 12.1 Å². The number of amides is 3. The van der Waals surface area contributed by atoms with E-state index in [-0.39, 0.29) is 17.3 Å². The number of benzene rings is 3. The zero-order valence-electron chi connectivity index (χ0n) is 18.7. The summed E-state index contributed by atoms with van der Waals surface area (Å²) in [6.45, 7) is 4.05. The molecule has 0 aromatic heterocycles. The first kappa shape index (κ1) is 23.9. The normalized spacial score (nSPS) is 10.8. The zero-order valence-corrected chi connectivity index (χ0v) is 18.7. The SMILES string of the molecule is C=C(NC=O)/C(=N\N(C)c1ccc(-c2ccc(C(=O)NCc3ccccc3)cc2)cc1)C(N)=O. The van der Waals surface area contributed by atoms with Crippen LogP contribution >= 0.6 is 0 Å². The van der Waals surface area contributed by atoms with E-state index in [9.17, 15) is 14.4 Å². The van der Waals surface area contributed by atoms with Crippen LogP contribution in [0.15, 0.2) is 96.2 Å². The van der Waals surface area contributed by atoms with Gasteiger partial charge < -0.3 is 16.4 Å². The zero-order chi connectivity index (χ0) is 24.5. The summed E-state index contributed by atoms with van der Waals surface area (Å²) in [6, 6.07) is 24.5. The van der Waals surface area contributed by atoms with E-state index in [2.05, 4.69) is 22.3 Å². The number of primary amides is 1. The monoisotopic (exact) mass is 455 g/mol. The number of rotatable bonds is 10. The van der Waals surface area contributed by atoms with Gasteiger partial charge in [-0.2, -0.15) is 5.10 Å². The van der Waals surface area contributed by atoms with Gasteiger partial charge in [0.05, 0.1) is 11.4 Å². The fourth-order valence-electron chi connectivity index (χ4n) is 3.17. The summed E-state index contributed by atoms with van der Waals surface area (Å²) in [7, 11) is 1.65. The smallest absolute Gasteiger partial charge is 0.271 e. The second-order valence-electron chi connectivity index (χ2n) is 7.37. The Morgan fingerprint density at radius 2 is 1.56 bits per heavy atom. The molecule has 0 aliphatic rings. The first-order valence-electron chi connectivity index (χ1n) is 10.4. The summed E-state index contributed by atoms with van der Waals surface area (Å²) in [5.41, 5.74) is 9.39. The average molecular weight is 456 g/mol. The van der Waals surface area contributed by atoms with E-state index in [0.717, 1.165) is 16.7 Å². The Labute approximate surface area is 197 Å². The molecule has 0 spiro atoms. The number of nitrogens with one attached hydrogen (secondary N) is 2. The second-order valence-corrected chi connectivity index (χ2v) is 7.37. The van der Waals surface area contributed by atoms with Gasteiger partial charge in [0.15, 0.2) is 5.71 Å². The predicted molar refractivity (Wildman–Crippen MR) is 133 cm³/mol. The Morgan fingerprint density at radius 1 is 0.971 bits per heavy atom. The van der Waals surface area contributed by atoms with Gasteiger partial charge in [0.2, 0.25) is 6.41 Å². The molecule has 0 atom stereocenters. The van der Waals surface area contributed by atoms with Crippen molar-refractivity contribution >= 4 is 29.6 Å². The number of hydrazone groups is 1. The lowest BCUT2D eigenvalue weighted by molar-refractivity contribution is -0.112. The lowest BCUT2D eigenvalue weighted by atomic mass is 10.0. The quantitative estimate of drug-likeness (QED) is 0.248. The lowest BCUT2D eigenvalue weighted by Crippen LogP contribution is -2.32. The third kappa shape index (κ3) is 6.17. The summed E-state index contributed by atoms with van der Waals surface area (Å²) < 4.78 is 0. The highest BCUT2D eigenvalue weighted by Crippen LogP contribution is 2.23. The van der Waals surface area contributed by atoms with Crippen LogP contribution in [0.3, 0.4) is 0 Å². The fourth-order valence-corrected chi connectivity index (χ4v) is 3.17. The van der Waals surface area contributed by atoms with Crippen molar-refractivity contribution < 1.29 is 14.4 Å². The molecular formula is C26H25N5O3. The van der Waals surface area contributed by atoms with Crippen molar-refractivity contribution in [2.24, 2.45) is 10.8 Å². The summed E-state index contributed by atoms with van der Waals surface area (Å²) in [4.78, 5) is 34.7. The molecule has 3 amide bonds. The Morgan fingerprint density at radius 3 is 2.12 bits per heavy atom. The standard InChI is InChI=1S/C26H25N5O3/c1-18(29-17-32)24(25(27)33)30-31(2)23-14-12-21(13-15-23)20-8-10-22(11-9-20)26(34)28-16-19-6-4-3-5-7-19/h3-15,17H,1,16H2,2H3,(H2,27,33)(H,28,34)(H,29,32)/b30-24+. The van der Waals surface area contributed by atoms with E-state index < -0.39 is 5.91 Å². The highest BCUT2D eigenvalue weighted by molar-refractivity contribution is 6.44. The summed E-state index contributed by atoms with van der Waals surface area (Å²) in [5.74, 6) is -0.947. The molecule has 0 aliphatic carbocycles. The van der Waals surface area contributed by atoms with Gasteiger partial charge in [-0.25, -0.2) is 0 Å². The van der Waals surface area contributed by atoms with Crippen LogP contribution in [0.25, 0.3) is 11.1 Å². The fraction of sp³-hybridized carbons (Fsp3) is 0.0769. The number of anilines is 1. The highest BCUT2D eigenvalue weighted by atomic mass is 16.2. The van der Waals surface area contributed by atoms with Crippen molar-refractivity contribution in [3.63, 3.8) is 0 Å². The largest absolute Gasteiger partial charge is 0.364 e. The van der Waals surface area contributed by atoms with Gasteiger partial charge >= 0.3 is 0 Å². The minimum Gasteiger partial charge on any atom is -0.364 e. The Bertz CT molecular complexity index is 1200.